The average Bonchev–Trinajstić information content (AvgIpc) is 3.78. The van der Waals surface area contributed by atoms with Gasteiger partial charge in [-0.3, -0.25) is 0 Å². The van der Waals surface area contributed by atoms with Crippen molar-refractivity contribution < 1.29 is 4.42 Å². The molecule has 0 bridgehead atoms. The molecule has 7 aromatic carbocycles. The van der Waals surface area contributed by atoms with Crippen LogP contribution in [0.25, 0.3) is 95.7 Å². The van der Waals surface area contributed by atoms with E-state index < -0.39 is 0 Å². The Morgan fingerprint density at radius 2 is 0.889 bits per heavy atom. The smallest absolute Gasteiger partial charge is 0.135 e. The fourth-order valence-electron chi connectivity index (χ4n) is 6.91. The molecule has 0 unspecified atom stereocenters. The second-order valence-electron chi connectivity index (χ2n) is 11.7. The van der Waals surface area contributed by atoms with Gasteiger partial charge in [-0.05, 0) is 81.9 Å². The minimum absolute atomic E-state index is 0.918. The third-order valence-corrected chi connectivity index (χ3v) is 11.3. The summed E-state index contributed by atoms with van der Waals surface area (Å²) in [6, 6.07) is 53.0. The zero-order valence-electron chi connectivity index (χ0n) is 24.1. The molecule has 0 saturated carbocycles. The first-order valence-corrected chi connectivity index (χ1v) is 16.8. The molecular weight excluding hydrogens is 585 g/mol. The van der Waals surface area contributed by atoms with Crippen LogP contribution in [0, 0.1) is 0 Å². The Balaban J connectivity index is 1.08. The molecule has 0 N–H and O–H groups in total. The minimum atomic E-state index is 0.918. The summed E-state index contributed by atoms with van der Waals surface area (Å²) in [6.07, 6.45) is 0. The first-order chi connectivity index (χ1) is 22.3. The molecule has 45 heavy (non-hydrogen) atoms. The molecule has 0 fully saturated rings. The molecule has 0 spiro atoms. The van der Waals surface area contributed by atoms with Crippen LogP contribution in [0.1, 0.15) is 0 Å². The Morgan fingerprint density at radius 1 is 0.333 bits per heavy atom. The van der Waals surface area contributed by atoms with Crippen LogP contribution in [0.15, 0.2) is 150 Å². The van der Waals surface area contributed by atoms with Crippen molar-refractivity contribution in [3.8, 4) is 33.4 Å². The molecule has 0 amide bonds. The zero-order chi connectivity index (χ0) is 29.5. The van der Waals surface area contributed by atoms with E-state index in [4.69, 9.17) is 4.42 Å². The number of furan rings is 1. The summed E-state index contributed by atoms with van der Waals surface area (Å²) in [5.41, 5.74) is 9.24. The molecule has 0 atom stereocenters. The Kier molecular flexibility index (Phi) is 5.39. The Bertz CT molecular complexity index is 2760. The lowest BCUT2D eigenvalue weighted by molar-refractivity contribution is 0.669. The highest BCUT2D eigenvalue weighted by molar-refractivity contribution is 7.26. The van der Waals surface area contributed by atoms with E-state index in [-0.39, 0.29) is 0 Å². The van der Waals surface area contributed by atoms with Crippen LogP contribution >= 0.6 is 22.7 Å². The van der Waals surface area contributed by atoms with Crippen molar-refractivity contribution in [2.24, 2.45) is 0 Å². The van der Waals surface area contributed by atoms with Gasteiger partial charge in [0.2, 0.25) is 0 Å². The SMILES string of the molecule is c1ccc(-c2cccc3sc4cc(-c5ccc6oc7ccc(-c8ccc9c(c8)sc8ccccc89)cc7c6c5)ccc4c23)cc1. The Hall–Kier alpha value is -5.22. The third kappa shape index (κ3) is 3.91. The summed E-state index contributed by atoms with van der Waals surface area (Å²) in [5.74, 6) is 0. The predicted octanol–water partition coefficient (Wildman–Crippen LogP) is 13.3. The minimum Gasteiger partial charge on any atom is -0.456 e. The maximum absolute atomic E-state index is 6.31. The van der Waals surface area contributed by atoms with Crippen LogP contribution in [0.3, 0.4) is 0 Å². The lowest BCUT2D eigenvalue weighted by Crippen LogP contribution is -1.80. The highest BCUT2D eigenvalue weighted by Crippen LogP contribution is 2.43. The van der Waals surface area contributed by atoms with Crippen molar-refractivity contribution in [1.82, 2.24) is 0 Å². The molecule has 1 nitrogen and oxygen atoms in total. The van der Waals surface area contributed by atoms with Crippen LogP contribution in [0.4, 0.5) is 0 Å². The number of rotatable bonds is 3. The molecular formula is C42H24OS2. The lowest BCUT2D eigenvalue weighted by atomic mass is 9.97. The van der Waals surface area contributed by atoms with E-state index in [0.29, 0.717) is 0 Å². The van der Waals surface area contributed by atoms with Crippen LogP contribution in [-0.2, 0) is 0 Å². The third-order valence-electron chi connectivity index (χ3n) is 9.10. The van der Waals surface area contributed by atoms with Crippen molar-refractivity contribution in [2.75, 3.05) is 0 Å². The highest BCUT2D eigenvalue weighted by atomic mass is 32.1. The van der Waals surface area contributed by atoms with Gasteiger partial charge in [0.1, 0.15) is 11.2 Å². The number of fused-ring (bicyclic) bond motifs is 9. The maximum atomic E-state index is 6.31. The second kappa shape index (κ2) is 9.64. The number of thiophene rings is 2. The number of benzene rings is 7. The van der Waals surface area contributed by atoms with E-state index in [0.717, 1.165) is 21.9 Å². The molecule has 0 saturated heterocycles. The standard InChI is InChI=1S/C42H24OS2/c1-2-7-25(8-3-1)30-10-6-12-39-42(30)33-18-14-29(24-41(33)45-39)27-16-20-37-35(22-27)34-21-26(15-19-36(34)43-37)28-13-17-32-31-9-4-5-11-38(31)44-40(32)23-28/h1-24H. The summed E-state index contributed by atoms with van der Waals surface area (Å²) < 4.78 is 11.6. The van der Waals surface area contributed by atoms with Crippen molar-refractivity contribution in [3.05, 3.63) is 146 Å². The summed E-state index contributed by atoms with van der Waals surface area (Å²) in [7, 11) is 0. The first-order valence-electron chi connectivity index (χ1n) is 15.2. The van der Waals surface area contributed by atoms with Crippen molar-refractivity contribution in [2.45, 2.75) is 0 Å². The van der Waals surface area contributed by atoms with E-state index in [9.17, 15) is 0 Å². The van der Waals surface area contributed by atoms with Gasteiger partial charge in [0.05, 0.1) is 0 Å². The molecule has 0 aliphatic carbocycles. The lowest BCUT2D eigenvalue weighted by Gasteiger charge is -2.06. The van der Waals surface area contributed by atoms with Crippen LogP contribution in [0.2, 0.25) is 0 Å². The van der Waals surface area contributed by atoms with Gasteiger partial charge in [-0.2, -0.15) is 0 Å². The Labute approximate surface area is 267 Å². The molecule has 0 radical (unpaired) electrons. The van der Waals surface area contributed by atoms with Crippen LogP contribution < -0.4 is 0 Å². The molecule has 10 aromatic rings. The van der Waals surface area contributed by atoms with Gasteiger partial charge >= 0.3 is 0 Å². The van der Waals surface area contributed by atoms with Crippen LogP contribution in [-0.4, -0.2) is 0 Å². The van der Waals surface area contributed by atoms with E-state index in [1.807, 2.05) is 22.7 Å². The summed E-state index contributed by atoms with van der Waals surface area (Å²) in [4.78, 5) is 0. The molecule has 3 heterocycles. The molecule has 0 aliphatic rings. The van der Waals surface area contributed by atoms with Gasteiger partial charge in [-0.25, -0.2) is 0 Å². The molecule has 210 valence electrons. The van der Waals surface area contributed by atoms with E-state index in [1.54, 1.807) is 0 Å². The van der Waals surface area contributed by atoms with Crippen molar-refractivity contribution in [1.29, 1.82) is 0 Å². The monoisotopic (exact) mass is 608 g/mol. The Morgan fingerprint density at radius 3 is 1.64 bits per heavy atom. The van der Waals surface area contributed by atoms with Crippen LogP contribution in [0.5, 0.6) is 0 Å². The van der Waals surface area contributed by atoms with E-state index in [1.165, 1.54) is 73.7 Å². The topological polar surface area (TPSA) is 13.1 Å². The number of hydrogen-bond acceptors (Lipinski definition) is 3. The van der Waals surface area contributed by atoms with Gasteiger partial charge in [-0.15, -0.1) is 22.7 Å². The van der Waals surface area contributed by atoms with E-state index in [2.05, 4.69) is 146 Å². The van der Waals surface area contributed by atoms with Gasteiger partial charge in [0.15, 0.2) is 0 Å². The molecule has 3 aromatic heterocycles. The van der Waals surface area contributed by atoms with Gasteiger partial charge in [-0.1, -0.05) is 97.1 Å². The largest absolute Gasteiger partial charge is 0.456 e. The maximum Gasteiger partial charge on any atom is 0.135 e. The number of hydrogen-bond donors (Lipinski definition) is 0. The molecule has 0 aliphatic heterocycles. The summed E-state index contributed by atoms with van der Waals surface area (Å²) >= 11 is 3.73. The van der Waals surface area contributed by atoms with E-state index >= 15 is 0 Å². The van der Waals surface area contributed by atoms with Gasteiger partial charge in [0, 0.05) is 51.1 Å². The summed E-state index contributed by atoms with van der Waals surface area (Å²) in [5, 5.41) is 7.61. The quantitative estimate of drug-likeness (QED) is 0.194. The predicted molar refractivity (Wildman–Crippen MR) is 196 cm³/mol. The molecule has 3 heteroatoms. The van der Waals surface area contributed by atoms with Crippen molar-refractivity contribution in [3.63, 3.8) is 0 Å². The fraction of sp³-hybridized carbons (Fsp3) is 0. The van der Waals surface area contributed by atoms with Gasteiger partial charge in [0.25, 0.3) is 0 Å². The average molecular weight is 609 g/mol. The molecule has 10 rings (SSSR count). The fourth-order valence-corrected chi connectivity index (χ4v) is 9.22. The second-order valence-corrected chi connectivity index (χ2v) is 13.9. The van der Waals surface area contributed by atoms with Gasteiger partial charge < -0.3 is 4.42 Å². The summed E-state index contributed by atoms with van der Waals surface area (Å²) in [6.45, 7) is 0. The normalized spacial score (nSPS) is 12.0. The van der Waals surface area contributed by atoms with Crippen molar-refractivity contribution >= 4 is 85.0 Å². The zero-order valence-corrected chi connectivity index (χ0v) is 25.7. The highest BCUT2D eigenvalue weighted by Gasteiger charge is 2.14. The first kappa shape index (κ1) is 25.1.